The highest BCUT2D eigenvalue weighted by molar-refractivity contribution is 9.10. The molecule has 4 heteroatoms. The molecule has 1 aromatic carbocycles. The number of rotatable bonds is 5. The van der Waals surface area contributed by atoms with Crippen molar-refractivity contribution in [3.05, 3.63) is 28.2 Å². The molecule has 0 heterocycles. The molecule has 1 N–H and O–H groups in total. The quantitative estimate of drug-likeness (QED) is 0.896. The van der Waals surface area contributed by atoms with Crippen molar-refractivity contribution in [3.63, 3.8) is 0 Å². The Morgan fingerprint density at radius 2 is 2.31 bits per heavy atom. The summed E-state index contributed by atoms with van der Waals surface area (Å²) in [7, 11) is 0. The van der Waals surface area contributed by atoms with E-state index in [2.05, 4.69) is 40.5 Å². The van der Waals surface area contributed by atoms with E-state index in [1.807, 2.05) is 30.0 Å². The van der Waals surface area contributed by atoms with Gasteiger partial charge in [-0.05, 0) is 46.8 Å². The van der Waals surface area contributed by atoms with Gasteiger partial charge in [0.25, 0.3) is 0 Å². The minimum Gasteiger partial charge on any atom is -0.385 e. The number of halogens is 1. The molecule has 1 atom stereocenters. The molecule has 0 saturated carbocycles. The average Bonchev–Trinajstić information content (AvgIpc) is 2.29. The number of nitriles is 1. The summed E-state index contributed by atoms with van der Waals surface area (Å²) in [5.41, 5.74) is 1.72. The van der Waals surface area contributed by atoms with Gasteiger partial charge in [-0.25, -0.2) is 0 Å². The van der Waals surface area contributed by atoms with Gasteiger partial charge in [-0.1, -0.05) is 6.92 Å². The Bertz CT molecular complexity index is 387. The zero-order valence-corrected chi connectivity index (χ0v) is 11.9. The molecule has 0 fully saturated rings. The van der Waals surface area contributed by atoms with Crippen LogP contribution in [0.1, 0.15) is 18.9 Å². The van der Waals surface area contributed by atoms with E-state index in [4.69, 9.17) is 5.26 Å². The van der Waals surface area contributed by atoms with Crippen LogP contribution in [0, 0.1) is 11.3 Å². The van der Waals surface area contributed by atoms with Crippen molar-refractivity contribution in [2.75, 3.05) is 18.1 Å². The Labute approximate surface area is 110 Å². The van der Waals surface area contributed by atoms with Crippen molar-refractivity contribution in [3.8, 4) is 6.07 Å². The molecular weight excluding hydrogens is 284 g/mol. The molecule has 0 bridgehead atoms. The zero-order valence-electron chi connectivity index (χ0n) is 9.46. The van der Waals surface area contributed by atoms with E-state index in [1.54, 1.807) is 0 Å². The maximum atomic E-state index is 8.79. The molecule has 1 rings (SSSR count). The van der Waals surface area contributed by atoms with E-state index in [1.165, 1.54) is 0 Å². The first kappa shape index (κ1) is 13.4. The van der Waals surface area contributed by atoms with Gasteiger partial charge in [0.05, 0.1) is 5.56 Å². The Morgan fingerprint density at radius 1 is 1.56 bits per heavy atom. The summed E-state index contributed by atoms with van der Waals surface area (Å²) in [4.78, 5) is 0. The average molecular weight is 299 g/mol. The van der Waals surface area contributed by atoms with Crippen LogP contribution in [0.3, 0.4) is 0 Å². The molecule has 2 nitrogen and oxygen atoms in total. The number of nitrogens with zero attached hydrogens (tertiary/aromatic N) is 1. The SMILES string of the molecule is CSC(C)CCNc1ccc(C#N)c(Br)c1. The predicted molar refractivity (Wildman–Crippen MR) is 74.9 cm³/mol. The Balaban J connectivity index is 2.50. The molecule has 1 aromatic rings. The summed E-state index contributed by atoms with van der Waals surface area (Å²) in [6, 6.07) is 7.84. The second-order valence-corrected chi connectivity index (χ2v) is 5.70. The van der Waals surface area contributed by atoms with E-state index in [-0.39, 0.29) is 0 Å². The summed E-state index contributed by atoms with van der Waals surface area (Å²) >= 11 is 5.25. The van der Waals surface area contributed by atoms with E-state index in [9.17, 15) is 0 Å². The minimum atomic E-state index is 0.669. The number of hydrogen-bond donors (Lipinski definition) is 1. The summed E-state index contributed by atoms with van der Waals surface area (Å²) < 4.78 is 0.845. The molecule has 0 saturated heterocycles. The number of nitrogens with one attached hydrogen (secondary N) is 1. The number of anilines is 1. The highest BCUT2D eigenvalue weighted by Crippen LogP contribution is 2.21. The van der Waals surface area contributed by atoms with Crippen molar-refractivity contribution in [2.45, 2.75) is 18.6 Å². The van der Waals surface area contributed by atoms with Crippen LogP contribution in [0.25, 0.3) is 0 Å². The number of thioether (sulfide) groups is 1. The molecule has 86 valence electrons. The van der Waals surface area contributed by atoms with Gasteiger partial charge in [0, 0.05) is 22.0 Å². The molecular formula is C12H15BrN2S. The Morgan fingerprint density at radius 3 is 2.88 bits per heavy atom. The van der Waals surface area contributed by atoms with Gasteiger partial charge >= 0.3 is 0 Å². The van der Waals surface area contributed by atoms with Crippen LogP contribution in [0.5, 0.6) is 0 Å². The van der Waals surface area contributed by atoms with E-state index in [0.717, 1.165) is 23.1 Å². The molecule has 0 amide bonds. The van der Waals surface area contributed by atoms with Gasteiger partial charge in [0.15, 0.2) is 0 Å². The fourth-order valence-corrected chi connectivity index (χ4v) is 2.07. The smallest absolute Gasteiger partial charge is 0.100 e. The third-order valence-corrected chi connectivity index (χ3v) is 4.07. The van der Waals surface area contributed by atoms with Gasteiger partial charge in [0.1, 0.15) is 6.07 Å². The van der Waals surface area contributed by atoms with Gasteiger partial charge in [-0.15, -0.1) is 0 Å². The van der Waals surface area contributed by atoms with Crippen molar-refractivity contribution in [1.29, 1.82) is 5.26 Å². The summed E-state index contributed by atoms with van der Waals surface area (Å²) in [6.45, 7) is 3.18. The highest BCUT2D eigenvalue weighted by atomic mass is 79.9. The first-order chi connectivity index (χ1) is 7.67. The van der Waals surface area contributed by atoms with Crippen LogP contribution in [0.2, 0.25) is 0 Å². The third kappa shape index (κ3) is 4.07. The van der Waals surface area contributed by atoms with Crippen LogP contribution in [0.15, 0.2) is 22.7 Å². The first-order valence-electron chi connectivity index (χ1n) is 5.13. The summed E-state index contributed by atoms with van der Waals surface area (Å²) in [6.07, 6.45) is 3.27. The fourth-order valence-electron chi connectivity index (χ4n) is 1.25. The van der Waals surface area contributed by atoms with Crippen LogP contribution in [-0.2, 0) is 0 Å². The number of hydrogen-bond acceptors (Lipinski definition) is 3. The second-order valence-electron chi connectivity index (χ2n) is 3.57. The Hall–Kier alpha value is -0.660. The van der Waals surface area contributed by atoms with Crippen molar-refractivity contribution >= 4 is 33.4 Å². The van der Waals surface area contributed by atoms with E-state index in [0.29, 0.717) is 10.8 Å². The molecule has 0 aliphatic carbocycles. The highest BCUT2D eigenvalue weighted by Gasteiger charge is 2.01. The van der Waals surface area contributed by atoms with Crippen molar-refractivity contribution < 1.29 is 0 Å². The van der Waals surface area contributed by atoms with Crippen molar-refractivity contribution in [2.24, 2.45) is 0 Å². The largest absolute Gasteiger partial charge is 0.385 e. The maximum absolute atomic E-state index is 8.79. The van der Waals surface area contributed by atoms with Crippen LogP contribution < -0.4 is 5.32 Å². The van der Waals surface area contributed by atoms with Gasteiger partial charge < -0.3 is 5.32 Å². The molecule has 0 aliphatic rings. The predicted octanol–water partition coefficient (Wildman–Crippen LogP) is 3.87. The van der Waals surface area contributed by atoms with Crippen LogP contribution >= 0.6 is 27.7 Å². The normalized spacial score (nSPS) is 11.9. The molecule has 0 aromatic heterocycles. The molecule has 0 radical (unpaired) electrons. The Kier molecular flexibility index (Phi) is 5.72. The van der Waals surface area contributed by atoms with Gasteiger partial charge in [-0.2, -0.15) is 17.0 Å². The summed E-state index contributed by atoms with van der Waals surface area (Å²) in [5, 5.41) is 12.8. The minimum absolute atomic E-state index is 0.669. The second kappa shape index (κ2) is 6.82. The lowest BCUT2D eigenvalue weighted by Crippen LogP contribution is -2.07. The standard InChI is InChI=1S/C12H15BrN2S/c1-9(16-2)5-6-15-11-4-3-10(8-14)12(13)7-11/h3-4,7,9,15H,5-6H2,1-2H3. The zero-order chi connectivity index (χ0) is 12.0. The third-order valence-electron chi connectivity index (χ3n) is 2.37. The van der Waals surface area contributed by atoms with Gasteiger partial charge in [0.2, 0.25) is 0 Å². The summed E-state index contributed by atoms with van der Waals surface area (Å²) in [5.74, 6) is 0. The van der Waals surface area contributed by atoms with Crippen LogP contribution in [0.4, 0.5) is 5.69 Å². The maximum Gasteiger partial charge on any atom is 0.100 e. The van der Waals surface area contributed by atoms with Crippen molar-refractivity contribution in [1.82, 2.24) is 0 Å². The lowest BCUT2D eigenvalue weighted by atomic mass is 10.2. The molecule has 0 spiro atoms. The fraction of sp³-hybridized carbons (Fsp3) is 0.417. The number of benzene rings is 1. The molecule has 0 aliphatic heterocycles. The monoisotopic (exact) mass is 298 g/mol. The lowest BCUT2D eigenvalue weighted by molar-refractivity contribution is 0.854. The van der Waals surface area contributed by atoms with E-state index < -0.39 is 0 Å². The van der Waals surface area contributed by atoms with E-state index >= 15 is 0 Å². The van der Waals surface area contributed by atoms with Gasteiger partial charge in [-0.3, -0.25) is 0 Å². The lowest BCUT2D eigenvalue weighted by Gasteiger charge is -2.10. The van der Waals surface area contributed by atoms with Crippen LogP contribution in [-0.4, -0.2) is 18.1 Å². The molecule has 16 heavy (non-hydrogen) atoms. The first-order valence-corrected chi connectivity index (χ1v) is 7.21. The topological polar surface area (TPSA) is 35.8 Å². The molecule has 1 unspecified atom stereocenters.